The SMILES string of the molecule is O=S(=O)=C1CC=CC=C1N1CCc2ccccc2CC1. The van der Waals surface area contributed by atoms with Crippen molar-refractivity contribution in [2.75, 3.05) is 13.1 Å². The largest absolute Gasteiger partial charge is 0.370 e. The number of benzene rings is 1. The summed E-state index contributed by atoms with van der Waals surface area (Å²) in [5.74, 6) is 0. The summed E-state index contributed by atoms with van der Waals surface area (Å²) in [5, 5.41) is 0. The van der Waals surface area contributed by atoms with Crippen molar-refractivity contribution in [2.45, 2.75) is 19.3 Å². The number of hydrogen-bond donors (Lipinski definition) is 0. The summed E-state index contributed by atoms with van der Waals surface area (Å²) >= 11 is 0. The molecule has 0 unspecified atom stereocenters. The predicted octanol–water partition coefficient (Wildman–Crippen LogP) is 1.98. The summed E-state index contributed by atoms with van der Waals surface area (Å²) < 4.78 is 22.7. The molecular formula is C16H17NO2S. The van der Waals surface area contributed by atoms with Crippen molar-refractivity contribution in [3.8, 4) is 0 Å². The van der Waals surface area contributed by atoms with Crippen LogP contribution >= 0.6 is 0 Å². The second-order valence-electron chi connectivity index (χ2n) is 5.10. The molecule has 0 atom stereocenters. The van der Waals surface area contributed by atoms with Crippen LogP contribution in [0.4, 0.5) is 0 Å². The maximum Gasteiger partial charge on any atom is 0.219 e. The number of hydrogen-bond acceptors (Lipinski definition) is 3. The fraction of sp³-hybridized carbons (Fsp3) is 0.312. The zero-order valence-corrected chi connectivity index (χ0v) is 12.1. The van der Waals surface area contributed by atoms with E-state index in [0.29, 0.717) is 11.3 Å². The molecule has 0 aromatic heterocycles. The minimum absolute atomic E-state index is 0.505. The van der Waals surface area contributed by atoms with Crippen molar-refractivity contribution >= 4 is 15.2 Å². The van der Waals surface area contributed by atoms with E-state index < -0.39 is 10.3 Å². The molecule has 1 aliphatic heterocycles. The van der Waals surface area contributed by atoms with Gasteiger partial charge in [-0.3, -0.25) is 0 Å². The van der Waals surface area contributed by atoms with Crippen LogP contribution < -0.4 is 0 Å². The van der Waals surface area contributed by atoms with E-state index in [1.165, 1.54) is 11.1 Å². The highest BCUT2D eigenvalue weighted by molar-refractivity contribution is 7.73. The van der Waals surface area contributed by atoms with E-state index in [1.807, 2.05) is 18.2 Å². The van der Waals surface area contributed by atoms with E-state index in [-0.39, 0.29) is 0 Å². The molecule has 1 aromatic rings. The molecule has 3 rings (SSSR count). The van der Waals surface area contributed by atoms with E-state index >= 15 is 0 Å². The van der Waals surface area contributed by atoms with Crippen LogP contribution in [0.5, 0.6) is 0 Å². The molecule has 0 amide bonds. The Morgan fingerprint density at radius 3 is 2.25 bits per heavy atom. The summed E-state index contributed by atoms with van der Waals surface area (Å²) in [6, 6.07) is 8.48. The third-order valence-electron chi connectivity index (χ3n) is 3.94. The first kappa shape index (κ1) is 13.2. The molecular weight excluding hydrogens is 270 g/mol. The Bertz CT molecular complexity index is 679. The highest BCUT2D eigenvalue weighted by atomic mass is 32.2. The predicted molar refractivity (Wildman–Crippen MR) is 81.2 cm³/mol. The monoisotopic (exact) mass is 287 g/mol. The zero-order valence-electron chi connectivity index (χ0n) is 11.2. The molecule has 104 valence electrons. The van der Waals surface area contributed by atoms with Gasteiger partial charge in [-0.15, -0.1) is 0 Å². The molecule has 0 saturated carbocycles. The van der Waals surface area contributed by atoms with Gasteiger partial charge in [0.05, 0.1) is 10.6 Å². The number of rotatable bonds is 1. The molecule has 0 saturated heterocycles. The van der Waals surface area contributed by atoms with Crippen molar-refractivity contribution in [2.24, 2.45) is 0 Å². The Morgan fingerprint density at radius 1 is 1.00 bits per heavy atom. The molecule has 0 spiro atoms. The minimum atomic E-state index is -2.13. The van der Waals surface area contributed by atoms with Crippen molar-refractivity contribution in [1.82, 2.24) is 4.90 Å². The van der Waals surface area contributed by atoms with Gasteiger partial charge in [-0.2, -0.15) is 8.42 Å². The van der Waals surface area contributed by atoms with Gasteiger partial charge in [-0.1, -0.05) is 36.4 Å². The lowest BCUT2D eigenvalue weighted by Gasteiger charge is -2.26. The van der Waals surface area contributed by atoms with Crippen LogP contribution in [0.25, 0.3) is 0 Å². The summed E-state index contributed by atoms with van der Waals surface area (Å²) in [6.07, 6.45) is 8.20. The third-order valence-corrected chi connectivity index (χ3v) is 4.72. The second-order valence-corrected chi connectivity index (χ2v) is 6.06. The van der Waals surface area contributed by atoms with Gasteiger partial charge in [-0.05, 0) is 30.0 Å². The topological polar surface area (TPSA) is 37.4 Å². The van der Waals surface area contributed by atoms with Crippen LogP contribution in [0.3, 0.4) is 0 Å². The summed E-state index contributed by atoms with van der Waals surface area (Å²) in [7, 11) is -2.13. The van der Waals surface area contributed by atoms with Gasteiger partial charge in [0.15, 0.2) is 0 Å². The van der Waals surface area contributed by atoms with Crippen LogP contribution in [-0.4, -0.2) is 31.3 Å². The lowest BCUT2D eigenvalue weighted by atomic mass is 10.0. The number of fused-ring (bicyclic) bond motifs is 1. The first-order chi connectivity index (χ1) is 9.75. The van der Waals surface area contributed by atoms with E-state index in [1.54, 1.807) is 0 Å². The van der Waals surface area contributed by atoms with E-state index in [0.717, 1.165) is 31.6 Å². The van der Waals surface area contributed by atoms with Gasteiger partial charge in [0.1, 0.15) is 0 Å². The summed E-state index contributed by atoms with van der Waals surface area (Å²) in [4.78, 5) is 2.72. The highest BCUT2D eigenvalue weighted by Crippen LogP contribution is 2.21. The van der Waals surface area contributed by atoms with E-state index in [4.69, 9.17) is 0 Å². The van der Waals surface area contributed by atoms with Crippen molar-refractivity contribution in [3.05, 3.63) is 59.3 Å². The number of allylic oxidation sites excluding steroid dienone is 4. The molecule has 0 radical (unpaired) electrons. The maximum atomic E-state index is 11.4. The van der Waals surface area contributed by atoms with Crippen LogP contribution in [0.2, 0.25) is 0 Å². The van der Waals surface area contributed by atoms with Crippen LogP contribution in [-0.2, 0) is 23.1 Å². The van der Waals surface area contributed by atoms with E-state index in [9.17, 15) is 8.42 Å². The van der Waals surface area contributed by atoms with E-state index in [2.05, 4.69) is 29.2 Å². The van der Waals surface area contributed by atoms with Crippen molar-refractivity contribution in [1.29, 1.82) is 0 Å². The lowest BCUT2D eigenvalue weighted by molar-refractivity contribution is 0.378. The Labute approximate surface area is 120 Å². The Kier molecular flexibility index (Phi) is 3.74. The van der Waals surface area contributed by atoms with Gasteiger partial charge in [0.2, 0.25) is 10.3 Å². The molecule has 4 heteroatoms. The fourth-order valence-electron chi connectivity index (χ4n) is 2.88. The van der Waals surface area contributed by atoms with Crippen LogP contribution in [0, 0.1) is 0 Å². The molecule has 0 N–H and O–H groups in total. The van der Waals surface area contributed by atoms with Gasteiger partial charge in [-0.25, -0.2) is 0 Å². The first-order valence-electron chi connectivity index (χ1n) is 6.90. The molecule has 1 aromatic carbocycles. The van der Waals surface area contributed by atoms with Gasteiger partial charge >= 0.3 is 0 Å². The lowest BCUT2D eigenvalue weighted by Crippen LogP contribution is -2.31. The minimum Gasteiger partial charge on any atom is -0.370 e. The molecule has 1 heterocycles. The van der Waals surface area contributed by atoms with Gasteiger partial charge < -0.3 is 4.90 Å². The third kappa shape index (κ3) is 2.56. The number of nitrogens with zero attached hydrogens (tertiary/aromatic N) is 1. The second kappa shape index (κ2) is 5.67. The molecule has 3 nitrogen and oxygen atoms in total. The maximum absolute atomic E-state index is 11.4. The Morgan fingerprint density at radius 2 is 1.65 bits per heavy atom. The average Bonchev–Trinajstić information content (AvgIpc) is 2.70. The Balaban J connectivity index is 1.89. The molecule has 0 bridgehead atoms. The molecule has 0 fully saturated rings. The molecule has 1 aliphatic carbocycles. The average molecular weight is 287 g/mol. The van der Waals surface area contributed by atoms with Crippen LogP contribution in [0.1, 0.15) is 17.5 Å². The quantitative estimate of drug-likeness (QED) is 0.741. The van der Waals surface area contributed by atoms with Crippen molar-refractivity contribution in [3.63, 3.8) is 0 Å². The fourth-order valence-corrected chi connectivity index (χ4v) is 3.48. The van der Waals surface area contributed by atoms with Crippen LogP contribution in [0.15, 0.2) is 48.2 Å². The summed E-state index contributed by atoms with van der Waals surface area (Å²) in [6.45, 7) is 1.74. The highest BCUT2D eigenvalue weighted by Gasteiger charge is 2.20. The smallest absolute Gasteiger partial charge is 0.219 e. The zero-order chi connectivity index (χ0) is 13.9. The first-order valence-corrected chi connectivity index (χ1v) is 7.97. The summed E-state index contributed by atoms with van der Waals surface area (Å²) in [5.41, 5.74) is 3.63. The Hall–Kier alpha value is -1.81. The van der Waals surface area contributed by atoms with Gasteiger partial charge in [0.25, 0.3) is 0 Å². The standard InChI is InChI=1S/C16H17NO2S/c18-20(19)16-8-4-3-7-15(16)17-11-9-13-5-1-2-6-14(13)10-12-17/h1-7H,8-12H2. The van der Waals surface area contributed by atoms with Crippen molar-refractivity contribution < 1.29 is 8.42 Å². The van der Waals surface area contributed by atoms with Gasteiger partial charge in [0, 0.05) is 19.5 Å². The molecule has 2 aliphatic rings. The molecule has 20 heavy (non-hydrogen) atoms. The normalized spacial score (nSPS) is 18.3.